The van der Waals surface area contributed by atoms with Gasteiger partial charge in [0.05, 0.1) is 13.2 Å². The lowest BCUT2D eigenvalue weighted by atomic mass is 10.1. The second kappa shape index (κ2) is 5.95. The zero-order valence-corrected chi connectivity index (χ0v) is 11.7. The van der Waals surface area contributed by atoms with Crippen LogP contribution in [0.15, 0.2) is 18.2 Å². The zero-order chi connectivity index (χ0) is 13.8. The second-order valence-electron chi connectivity index (χ2n) is 5.22. The number of hydrogen-bond donors (Lipinski definition) is 1. The molecular weight excluding hydrogens is 242 g/mol. The smallest absolute Gasteiger partial charge is 0.251 e. The highest BCUT2D eigenvalue weighted by Crippen LogP contribution is 2.30. The third-order valence-electron chi connectivity index (χ3n) is 3.37. The van der Waals surface area contributed by atoms with Crippen LogP contribution in [0, 0.1) is 5.92 Å². The summed E-state index contributed by atoms with van der Waals surface area (Å²) in [6.45, 7) is 7.45. The van der Waals surface area contributed by atoms with Crippen molar-refractivity contribution in [2.24, 2.45) is 5.92 Å². The molecule has 0 aromatic heterocycles. The van der Waals surface area contributed by atoms with Gasteiger partial charge < -0.3 is 14.8 Å². The molecule has 1 atom stereocenters. The van der Waals surface area contributed by atoms with Gasteiger partial charge >= 0.3 is 0 Å². The number of benzene rings is 1. The minimum atomic E-state index is -0.0724. The summed E-state index contributed by atoms with van der Waals surface area (Å²) in [5, 5.41) is 2.98. The van der Waals surface area contributed by atoms with E-state index >= 15 is 0 Å². The van der Waals surface area contributed by atoms with E-state index in [1.165, 1.54) is 0 Å². The molecule has 1 aliphatic rings. The topological polar surface area (TPSA) is 47.6 Å². The monoisotopic (exact) mass is 263 g/mol. The average molecular weight is 263 g/mol. The van der Waals surface area contributed by atoms with Gasteiger partial charge in [0, 0.05) is 18.0 Å². The first-order valence-corrected chi connectivity index (χ1v) is 6.78. The summed E-state index contributed by atoms with van der Waals surface area (Å²) < 4.78 is 11.1. The maximum Gasteiger partial charge on any atom is 0.251 e. The minimum Gasteiger partial charge on any atom is -0.490 e. The first-order chi connectivity index (χ1) is 9.08. The molecule has 1 unspecified atom stereocenters. The molecular formula is C15H21NO3. The molecule has 0 aliphatic carbocycles. The fraction of sp³-hybridized carbons (Fsp3) is 0.533. The van der Waals surface area contributed by atoms with E-state index in [1.807, 2.05) is 6.92 Å². The van der Waals surface area contributed by atoms with Crippen molar-refractivity contribution >= 4 is 5.91 Å². The lowest BCUT2D eigenvalue weighted by molar-refractivity contribution is 0.0930. The van der Waals surface area contributed by atoms with Crippen molar-refractivity contribution in [2.45, 2.75) is 33.2 Å². The van der Waals surface area contributed by atoms with Crippen LogP contribution in [-0.2, 0) is 0 Å². The van der Waals surface area contributed by atoms with Gasteiger partial charge in [-0.2, -0.15) is 0 Å². The molecule has 4 nitrogen and oxygen atoms in total. The molecule has 4 heteroatoms. The van der Waals surface area contributed by atoms with Crippen molar-refractivity contribution in [3.63, 3.8) is 0 Å². The molecule has 1 aliphatic heterocycles. The highest BCUT2D eigenvalue weighted by atomic mass is 16.5. The number of carbonyl (C=O) groups excluding carboxylic acids is 1. The summed E-state index contributed by atoms with van der Waals surface area (Å²) in [6, 6.07) is 5.47. The molecule has 104 valence electrons. The molecule has 1 aromatic carbocycles. The Morgan fingerprint density at radius 1 is 1.16 bits per heavy atom. The summed E-state index contributed by atoms with van der Waals surface area (Å²) in [5.41, 5.74) is 0.608. The van der Waals surface area contributed by atoms with Crippen molar-refractivity contribution in [3.05, 3.63) is 23.8 Å². The molecule has 1 amide bonds. The van der Waals surface area contributed by atoms with Crippen molar-refractivity contribution in [1.29, 1.82) is 0 Å². The summed E-state index contributed by atoms with van der Waals surface area (Å²) in [6.07, 6.45) is 0.862. The minimum absolute atomic E-state index is 0.0724. The van der Waals surface area contributed by atoms with Crippen LogP contribution in [0.3, 0.4) is 0 Å². The summed E-state index contributed by atoms with van der Waals surface area (Å²) in [5.74, 6) is 1.70. The van der Waals surface area contributed by atoms with Crippen LogP contribution in [0.5, 0.6) is 11.5 Å². The van der Waals surface area contributed by atoms with Crippen LogP contribution in [0.4, 0.5) is 0 Å². The standard InChI is InChI=1S/C15H21NO3/c1-10(2)11(3)16-15(17)12-5-6-13-14(9-12)19-8-4-7-18-13/h5-6,9-11H,4,7-8H2,1-3H3,(H,16,17). The van der Waals surface area contributed by atoms with Crippen molar-refractivity contribution in [2.75, 3.05) is 13.2 Å². The largest absolute Gasteiger partial charge is 0.490 e. The first kappa shape index (κ1) is 13.7. The van der Waals surface area contributed by atoms with Gasteiger partial charge in [0.1, 0.15) is 0 Å². The van der Waals surface area contributed by atoms with E-state index in [2.05, 4.69) is 19.2 Å². The molecule has 2 rings (SSSR count). The number of nitrogens with one attached hydrogen (secondary N) is 1. The van der Waals surface area contributed by atoms with Crippen LogP contribution >= 0.6 is 0 Å². The SMILES string of the molecule is CC(C)C(C)NC(=O)c1ccc2c(c1)OCCCO2. The fourth-order valence-electron chi connectivity index (χ4n) is 1.76. The normalized spacial score (nSPS) is 15.8. The number of rotatable bonds is 3. The van der Waals surface area contributed by atoms with Crippen molar-refractivity contribution in [1.82, 2.24) is 5.32 Å². The summed E-state index contributed by atoms with van der Waals surface area (Å²) in [4.78, 5) is 12.1. The molecule has 0 fully saturated rings. The number of carbonyl (C=O) groups is 1. The number of hydrogen-bond acceptors (Lipinski definition) is 3. The van der Waals surface area contributed by atoms with Gasteiger partial charge in [0.15, 0.2) is 11.5 Å². The van der Waals surface area contributed by atoms with Crippen LogP contribution in [0.25, 0.3) is 0 Å². The Bertz CT molecular complexity index is 457. The maximum atomic E-state index is 12.1. The third-order valence-corrected chi connectivity index (χ3v) is 3.37. The number of amides is 1. The number of fused-ring (bicyclic) bond motifs is 1. The Balaban J connectivity index is 2.12. The number of ether oxygens (including phenoxy) is 2. The van der Waals surface area contributed by atoms with Gasteiger partial charge in [-0.25, -0.2) is 0 Å². The van der Waals surface area contributed by atoms with Gasteiger partial charge in [0.2, 0.25) is 0 Å². The molecule has 1 heterocycles. The summed E-state index contributed by atoms with van der Waals surface area (Å²) in [7, 11) is 0. The zero-order valence-electron chi connectivity index (χ0n) is 11.7. The Kier molecular flexibility index (Phi) is 4.30. The van der Waals surface area contributed by atoms with E-state index in [4.69, 9.17) is 9.47 Å². The Hall–Kier alpha value is -1.71. The van der Waals surface area contributed by atoms with E-state index in [1.54, 1.807) is 18.2 Å². The maximum absolute atomic E-state index is 12.1. The van der Waals surface area contributed by atoms with E-state index in [0.717, 1.165) is 6.42 Å². The van der Waals surface area contributed by atoms with Crippen molar-refractivity contribution < 1.29 is 14.3 Å². The van der Waals surface area contributed by atoms with Gasteiger partial charge in [0.25, 0.3) is 5.91 Å². The fourth-order valence-corrected chi connectivity index (χ4v) is 1.76. The quantitative estimate of drug-likeness (QED) is 0.912. The predicted molar refractivity (Wildman–Crippen MR) is 73.8 cm³/mol. The predicted octanol–water partition coefficient (Wildman–Crippen LogP) is 2.62. The van der Waals surface area contributed by atoms with Crippen LogP contribution in [0.2, 0.25) is 0 Å². The van der Waals surface area contributed by atoms with Gasteiger partial charge in [-0.1, -0.05) is 13.8 Å². The molecule has 0 spiro atoms. The molecule has 0 saturated carbocycles. The van der Waals surface area contributed by atoms with Gasteiger partial charge in [-0.05, 0) is 31.0 Å². The van der Waals surface area contributed by atoms with E-state index < -0.39 is 0 Å². The van der Waals surface area contributed by atoms with Gasteiger partial charge in [-0.3, -0.25) is 4.79 Å². The summed E-state index contributed by atoms with van der Waals surface area (Å²) >= 11 is 0. The Labute approximate surface area is 114 Å². The second-order valence-corrected chi connectivity index (χ2v) is 5.22. The molecule has 1 aromatic rings. The average Bonchev–Trinajstić information content (AvgIpc) is 2.62. The van der Waals surface area contributed by atoms with Crippen LogP contribution in [0.1, 0.15) is 37.6 Å². The van der Waals surface area contributed by atoms with E-state index in [0.29, 0.717) is 36.2 Å². The van der Waals surface area contributed by atoms with Crippen LogP contribution < -0.4 is 14.8 Å². The molecule has 0 saturated heterocycles. The van der Waals surface area contributed by atoms with Crippen molar-refractivity contribution in [3.8, 4) is 11.5 Å². The first-order valence-electron chi connectivity index (χ1n) is 6.78. The molecule has 0 radical (unpaired) electrons. The lowest BCUT2D eigenvalue weighted by Crippen LogP contribution is -2.36. The molecule has 0 bridgehead atoms. The molecule has 19 heavy (non-hydrogen) atoms. The highest BCUT2D eigenvalue weighted by Gasteiger charge is 2.16. The highest BCUT2D eigenvalue weighted by molar-refractivity contribution is 5.95. The van der Waals surface area contributed by atoms with E-state index in [9.17, 15) is 4.79 Å². The van der Waals surface area contributed by atoms with Gasteiger partial charge in [-0.15, -0.1) is 0 Å². The molecule has 1 N–H and O–H groups in total. The Morgan fingerprint density at radius 3 is 2.53 bits per heavy atom. The Morgan fingerprint density at radius 2 is 1.84 bits per heavy atom. The lowest BCUT2D eigenvalue weighted by Gasteiger charge is -2.17. The van der Waals surface area contributed by atoms with Crippen LogP contribution in [-0.4, -0.2) is 25.2 Å². The third kappa shape index (κ3) is 3.40. The van der Waals surface area contributed by atoms with E-state index in [-0.39, 0.29) is 11.9 Å².